The van der Waals surface area contributed by atoms with Gasteiger partial charge in [0, 0.05) is 51.7 Å². The van der Waals surface area contributed by atoms with E-state index in [1.165, 1.54) is 22.3 Å². The number of benzene rings is 4. The fourth-order valence-electron chi connectivity index (χ4n) is 6.37. The first-order chi connectivity index (χ1) is 33.3. The molecule has 0 aliphatic heterocycles. The molecule has 3 heterocycles. The van der Waals surface area contributed by atoms with Crippen molar-refractivity contribution in [2.24, 2.45) is 5.18 Å². The van der Waals surface area contributed by atoms with Gasteiger partial charge in [0.1, 0.15) is 11.6 Å². The SMILES string of the molecule is Cc1ccc(-n2nc(C(C)(C)C)cc2N)cc1.Cc1ccc(-n2nc(C(C)(C)C)cc2N=O)cc1.Cc1ccc(-n2nc(C(C)(C)C)cc2NC(=O)Nc2ccc(C(C)C)cc2)cc1.O=C(Cl)OC(Cl)(Cl)Cl. The normalized spacial score (nSPS) is 11.5. The van der Waals surface area contributed by atoms with E-state index in [2.05, 4.69) is 138 Å². The number of rotatable bonds is 7. The number of nitrogen functional groups attached to an aromatic ring is 1. The number of nitrogens with two attached hydrogens (primary N) is 1. The second-order valence-electron chi connectivity index (χ2n) is 20.5. The number of aryl methyl sites for hydroxylation is 3. The second-order valence-corrected chi connectivity index (χ2v) is 23.0. The van der Waals surface area contributed by atoms with Crippen molar-refractivity contribution in [2.75, 3.05) is 16.4 Å². The number of nitroso groups, excluding NO2 is 1. The van der Waals surface area contributed by atoms with Gasteiger partial charge in [0.2, 0.25) is 0 Å². The predicted octanol–water partition coefficient (Wildman–Crippen LogP) is 15.9. The lowest BCUT2D eigenvalue weighted by molar-refractivity contribution is 0.172. The van der Waals surface area contributed by atoms with Crippen molar-refractivity contribution in [1.82, 2.24) is 29.3 Å². The van der Waals surface area contributed by atoms with Crippen LogP contribution >= 0.6 is 46.4 Å². The van der Waals surface area contributed by atoms with Crippen molar-refractivity contribution in [3.8, 4) is 17.1 Å². The number of carbonyl (C=O) groups excluding carboxylic acids is 2. The van der Waals surface area contributed by atoms with Crippen LogP contribution in [-0.2, 0) is 21.0 Å². The highest BCUT2D eigenvalue weighted by Gasteiger charge is 2.25. The average molecular weight is 1060 g/mol. The van der Waals surface area contributed by atoms with E-state index < -0.39 is 9.41 Å². The molecule has 0 saturated carbocycles. The lowest BCUT2D eigenvalue weighted by atomic mass is 9.92. The van der Waals surface area contributed by atoms with Gasteiger partial charge in [-0.15, -0.1) is 4.91 Å². The van der Waals surface area contributed by atoms with Crippen LogP contribution in [0.1, 0.15) is 121 Å². The molecule has 0 aliphatic rings. The molecule has 4 N–H and O–H groups in total. The van der Waals surface area contributed by atoms with Gasteiger partial charge in [-0.3, -0.25) is 5.32 Å². The van der Waals surface area contributed by atoms with Gasteiger partial charge in [-0.25, -0.2) is 23.6 Å². The number of hydrogen-bond acceptors (Lipinski definition) is 9. The summed E-state index contributed by atoms with van der Waals surface area (Å²) in [6.07, 6.45) is 0. The molecule has 14 nitrogen and oxygen atoms in total. The van der Waals surface area contributed by atoms with Gasteiger partial charge in [0.05, 0.1) is 34.1 Å². The zero-order valence-corrected chi connectivity index (χ0v) is 46.4. The topological polar surface area (TPSA) is 176 Å². The highest BCUT2D eigenvalue weighted by Crippen LogP contribution is 2.30. The van der Waals surface area contributed by atoms with Crippen LogP contribution in [0.15, 0.2) is 120 Å². The van der Waals surface area contributed by atoms with Crippen LogP contribution in [0.5, 0.6) is 0 Å². The zero-order chi connectivity index (χ0) is 53.9. The molecule has 18 heteroatoms. The van der Waals surface area contributed by atoms with Gasteiger partial charge < -0.3 is 15.8 Å². The first kappa shape index (κ1) is 58.4. The van der Waals surface area contributed by atoms with E-state index in [4.69, 9.17) is 45.6 Å². The van der Waals surface area contributed by atoms with E-state index in [1.54, 1.807) is 20.1 Å². The number of aromatic nitrogens is 6. The molecule has 0 fully saturated rings. The number of alkyl halides is 3. The number of hydrogen-bond donors (Lipinski definition) is 3. The molecule has 0 aliphatic carbocycles. The number of carbonyl (C=O) groups is 2. The molecular formula is C54H66Cl4N10O4. The summed E-state index contributed by atoms with van der Waals surface area (Å²) in [7, 11) is 0. The number of amides is 2. The van der Waals surface area contributed by atoms with Gasteiger partial charge in [-0.05, 0) is 121 Å². The van der Waals surface area contributed by atoms with E-state index in [9.17, 15) is 14.5 Å². The number of nitrogens with zero attached hydrogens (tertiary/aromatic N) is 7. The highest BCUT2D eigenvalue weighted by molar-refractivity contribution is 6.69. The van der Waals surface area contributed by atoms with E-state index in [1.807, 2.05) is 111 Å². The molecule has 0 bridgehead atoms. The standard InChI is InChI=1S/C24H30N4O.C14H17N3O.C14H19N3.C2Cl4O2/c1-16(2)18-9-11-19(12-10-18)25-23(29)26-22-15-21(24(4,5)6)27-28(22)20-13-7-17(3)8-14-20;1-10-5-7-11(8-6-10)17-13(16-18)9-12(15-17)14(2,3)4;1-10-5-7-11(8-6-10)17-13(15)9-12(16-17)14(2,3)4;3-1(7)8-2(4,5)6/h7-16H,1-6H3,(H2,25,26,29);5-9H,1-4H3;5-9H,15H2,1-4H3;. The fourth-order valence-corrected chi connectivity index (χ4v) is 6.82. The lowest BCUT2D eigenvalue weighted by Crippen LogP contribution is -2.21. The molecule has 7 aromatic rings. The summed E-state index contributed by atoms with van der Waals surface area (Å²) < 4.78 is 6.98. The first-order valence-electron chi connectivity index (χ1n) is 23.1. The molecule has 0 saturated heterocycles. The molecule has 2 amide bonds. The van der Waals surface area contributed by atoms with Gasteiger partial charge in [0.25, 0.3) is 0 Å². The van der Waals surface area contributed by atoms with Crippen LogP contribution in [0.3, 0.4) is 0 Å². The molecule has 3 aromatic heterocycles. The first-order valence-corrected chi connectivity index (χ1v) is 24.6. The largest absolute Gasteiger partial charge is 0.407 e. The Morgan fingerprint density at radius 1 is 0.583 bits per heavy atom. The lowest BCUT2D eigenvalue weighted by Gasteiger charge is -2.14. The third-order valence-electron chi connectivity index (χ3n) is 10.6. The molecule has 0 atom stereocenters. The summed E-state index contributed by atoms with van der Waals surface area (Å²) in [5.74, 6) is 2.11. The van der Waals surface area contributed by atoms with Crippen molar-refractivity contribution in [1.29, 1.82) is 0 Å². The highest BCUT2D eigenvalue weighted by atomic mass is 35.6. The fraction of sp³-hybridized carbons (Fsp3) is 0.352. The van der Waals surface area contributed by atoms with Crippen LogP contribution in [0.25, 0.3) is 17.1 Å². The quantitative estimate of drug-likeness (QED) is 0.0802. The molecule has 0 unspecified atom stereocenters. The third-order valence-corrected chi connectivity index (χ3v) is 11.0. The summed E-state index contributed by atoms with van der Waals surface area (Å²) >= 11 is 19.4. The van der Waals surface area contributed by atoms with Crippen LogP contribution in [0, 0.1) is 25.7 Å². The molecule has 0 spiro atoms. The van der Waals surface area contributed by atoms with Crippen LogP contribution < -0.4 is 16.4 Å². The minimum atomic E-state index is -2.04. The van der Waals surface area contributed by atoms with Gasteiger partial charge in [0.15, 0.2) is 5.82 Å². The van der Waals surface area contributed by atoms with E-state index in [-0.39, 0.29) is 22.3 Å². The van der Waals surface area contributed by atoms with Gasteiger partial charge in [-0.1, -0.05) is 141 Å². The van der Waals surface area contributed by atoms with Crippen molar-refractivity contribution in [3.05, 3.63) is 160 Å². The molecule has 4 aromatic carbocycles. The molecule has 384 valence electrons. The molecule has 7 rings (SSSR count). The van der Waals surface area contributed by atoms with Crippen molar-refractivity contribution in [2.45, 2.75) is 123 Å². The van der Waals surface area contributed by atoms with Crippen LogP contribution in [-0.4, -0.2) is 44.8 Å². The maximum atomic E-state index is 12.6. The number of ether oxygens (including phenoxy) is 1. The number of urea groups is 1. The maximum Gasteiger partial charge on any atom is 0.407 e. The minimum absolute atomic E-state index is 0.0179. The van der Waals surface area contributed by atoms with Crippen molar-refractivity contribution < 1.29 is 14.3 Å². The van der Waals surface area contributed by atoms with Gasteiger partial charge in [-0.2, -0.15) is 15.3 Å². The van der Waals surface area contributed by atoms with Crippen LogP contribution in [0.4, 0.5) is 32.7 Å². The predicted molar refractivity (Wildman–Crippen MR) is 297 cm³/mol. The Morgan fingerprint density at radius 3 is 1.35 bits per heavy atom. The second kappa shape index (κ2) is 24.5. The summed E-state index contributed by atoms with van der Waals surface area (Å²) in [6, 6.07) is 37.4. The summed E-state index contributed by atoms with van der Waals surface area (Å²) in [5.41, 5.74) is 15.8. The molecule has 72 heavy (non-hydrogen) atoms. The van der Waals surface area contributed by atoms with E-state index in [0.717, 1.165) is 39.8 Å². The third kappa shape index (κ3) is 17.8. The Morgan fingerprint density at radius 2 is 0.972 bits per heavy atom. The summed E-state index contributed by atoms with van der Waals surface area (Å²) in [4.78, 5) is 33.3. The summed E-state index contributed by atoms with van der Waals surface area (Å²) in [6.45, 7) is 29.3. The summed E-state index contributed by atoms with van der Waals surface area (Å²) in [5, 5.41) is 22.7. The van der Waals surface area contributed by atoms with E-state index >= 15 is 0 Å². The smallest absolute Gasteiger partial charge is 0.402 e. The maximum absolute atomic E-state index is 12.6. The van der Waals surface area contributed by atoms with Gasteiger partial charge >= 0.3 is 15.4 Å². The van der Waals surface area contributed by atoms with Crippen molar-refractivity contribution >= 4 is 81.0 Å². The Balaban J connectivity index is 0.000000226. The number of nitrogens with one attached hydrogen (secondary N) is 2. The molecule has 0 radical (unpaired) electrons. The Bertz CT molecular complexity index is 2880. The minimum Gasteiger partial charge on any atom is -0.402 e. The van der Waals surface area contributed by atoms with Crippen molar-refractivity contribution in [3.63, 3.8) is 0 Å². The molecular weight excluding hydrogens is 994 g/mol. The average Bonchev–Trinajstić information content (AvgIpc) is 4.02. The van der Waals surface area contributed by atoms with Crippen LogP contribution in [0.2, 0.25) is 0 Å². The zero-order valence-electron chi connectivity index (χ0n) is 43.4. The Kier molecular flexibility index (Phi) is 19.9. The monoisotopic (exact) mass is 1060 g/mol. The number of halogens is 4. The van der Waals surface area contributed by atoms with E-state index in [0.29, 0.717) is 23.4 Å². The Labute approximate surface area is 443 Å². The number of anilines is 3. The Hall–Kier alpha value is -6.19.